The summed E-state index contributed by atoms with van der Waals surface area (Å²) in [6, 6.07) is 10.7. The minimum Gasteiger partial charge on any atom is -0.493 e. The van der Waals surface area contributed by atoms with Crippen LogP contribution >= 0.6 is 43.5 Å². The highest BCUT2D eigenvalue weighted by Gasteiger charge is 2.12. The van der Waals surface area contributed by atoms with E-state index in [0.717, 1.165) is 10.0 Å². The number of nitrogens with one attached hydrogen (secondary N) is 1. The number of halogens is 3. The second-order valence-electron chi connectivity index (χ2n) is 4.56. The van der Waals surface area contributed by atoms with E-state index in [9.17, 15) is 4.79 Å². The van der Waals surface area contributed by atoms with Crippen LogP contribution in [0.5, 0.6) is 11.5 Å². The van der Waals surface area contributed by atoms with Gasteiger partial charge in [-0.15, -0.1) is 0 Å². The molecule has 0 atom stereocenters. The molecule has 2 aromatic carbocycles. The number of amides is 1. The van der Waals surface area contributed by atoms with Gasteiger partial charge in [0, 0.05) is 9.50 Å². The molecule has 8 heteroatoms. The van der Waals surface area contributed by atoms with Crippen molar-refractivity contribution in [1.29, 1.82) is 0 Å². The Morgan fingerprint density at radius 3 is 2.83 bits per heavy atom. The Kier molecular flexibility index (Phi) is 7.08. The van der Waals surface area contributed by atoms with E-state index >= 15 is 0 Å². The van der Waals surface area contributed by atoms with Crippen molar-refractivity contribution in [2.75, 3.05) is 13.7 Å². The average molecular weight is 477 g/mol. The first-order chi connectivity index (χ1) is 11.5. The van der Waals surface area contributed by atoms with Crippen molar-refractivity contribution in [2.24, 2.45) is 5.10 Å². The van der Waals surface area contributed by atoms with Gasteiger partial charge < -0.3 is 9.47 Å². The molecule has 0 spiro atoms. The van der Waals surface area contributed by atoms with E-state index < -0.39 is 5.91 Å². The van der Waals surface area contributed by atoms with Crippen molar-refractivity contribution in [3.8, 4) is 11.5 Å². The molecule has 0 radical (unpaired) electrons. The molecular formula is C16H13Br2ClN2O3. The summed E-state index contributed by atoms with van der Waals surface area (Å²) >= 11 is 12.6. The molecule has 1 amide bonds. The first-order valence-corrected chi connectivity index (χ1v) is 8.69. The number of hydrogen-bond donors (Lipinski definition) is 1. The van der Waals surface area contributed by atoms with Crippen LogP contribution in [0.1, 0.15) is 5.56 Å². The lowest BCUT2D eigenvalue weighted by Crippen LogP contribution is -2.24. The number of carbonyl (C=O) groups excluding carboxylic acids is 1. The van der Waals surface area contributed by atoms with Crippen LogP contribution in [0.3, 0.4) is 0 Å². The lowest BCUT2D eigenvalue weighted by molar-refractivity contribution is -0.123. The summed E-state index contributed by atoms with van der Waals surface area (Å²) < 4.78 is 12.2. The Hall–Kier alpha value is -1.57. The monoisotopic (exact) mass is 474 g/mol. The van der Waals surface area contributed by atoms with E-state index in [-0.39, 0.29) is 6.61 Å². The van der Waals surface area contributed by atoms with Gasteiger partial charge in [-0.25, -0.2) is 5.43 Å². The highest BCUT2D eigenvalue weighted by Crippen LogP contribution is 2.38. The minimum absolute atomic E-state index is 0.205. The smallest absolute Gasteiger partial charge is 0.277 e. The van der Waals surface area contributed by atoms with Gasteiger partial charge in [-0.2, -0.15) is 5.10 Å². The van der Waals surface area contributed by atoms with E-state index in [1.165, 1.54) is 13.3 Å². The lowest BCUT2D eigenvalue weighted by Gasteiger charge is -2.12. The van der Waals surface area contributed by atoms with E-state index in [1.807, 2.05) is 6.07 Å². The molecule has 0 saturated heterocycles. The third kappa shape index (κ3) is 5.51. The Balaban J connectivity index is 1.92. The topological polar surface area (TPSA) is 59.9 Å². The summed E-state index contributed by atoms with van der Waals surface area (Å²) in [6.07, 6.45) is 1.50. The normalized spacial score (nSPS) is 10.7. The number of carbonyl (C=O) groups is 1. The number of rotatable bonds is 6. The van der Waals surface area contributed by atoms with Crippen LogP contribution in [-0.4, -0.2) is 25.8 Å². The quantitative estimate of drug-likeness (QED) is 0.497. The van der Waals surface area contributed by atoms with Gasteiger partial charge in [0.2, 0.25) is 0 Å². The molecule has 0 saturated carbocycles. The first kappa shape index (κ1) is 18.8. The van der Waals surface area contributed by atoms with Crippen LogP contribution in [0.25, 0.3) is 0 Å². The van der Waals surface area contributed by atoms with E-state index in [1.54, 1.807) is 30.3 Å². The average Bonchev–Trinajstić information content (AvgIpc) is 2.53. The summed E-state index contributed by atoms with van der Waals surface area (Å²) in [5.74, 6) is 0.547. The van der Waals surface area contributed by atoms with Crippen LogP contribution in [0, 0.1) is 0 Å². The van der Waals surface area contributed by atoms with E-state index in [2.05, 4.69) is 42.4 Å². The van der Waals surface area contributed by atoms with Crippen LogP contribution in [0.2, 0.25) is 5.02 Å². The number of benzene rings is 2. The zero-order chi connectivity index (χ0) is 17.5. The lowest BCUT2D eigenvalue weighted by atomic mass is 10.2. The van der Waals surface area contributed by atoms with Gasteiger partial charge in [0.25, 0.3) is 5.91 Å². The number of hydrogen-bond acceptors (Lipinski definition) is 4. The second kappa shape index (κ2) is 9.05. The van der Waals surface area contributed by atoms with Gasteiger partial charge in [0.1, 0.15) is 0 Å². The highest BCUT2D eigenvalue weighted by atomic mass is 79.9. The maximum atomic E-state index is 11.8. The predicted octanol–water partition coefficient (Wildman–Crippen LogP) is 4.40. The first-order valence-electron chi connectivity index (χ1n) is 6.73. The maximum Gasteiger partial charge on any atom is 0.277 e. The van der Waals surface area contributed by atoms with Gasteiger partial charge in [0.15, 0.2) is 18.1 Å². The third-order valence-corrected chi connectivity index (χ3v) is 4.08. The fourth-order valence-corrected chi connectivity index (χ4v) is 3.26. The number of ether oxygens (including phenoxy) is 2. The second-order valence-corrected chi connectivity index (χ2v) is 6.76. The minimum atomic E-state index is -0.398. The molecular weight excluding hydrogens is 463 g/mol. The van der Waals surface area contributed by atoms with E-state index in [0.29, 0.717) is 21.0 Å². The summed E-state index contributed by atoms with van der Waals surface area (Å²) in [6.45, 7) is -0.205. The molecule has 5 nitrogen and oxygen atoms in total. The van der Waals surface area contributed by atoms with Crippen LogP contribution in [0.4, 0.5) is 0 Å². The Bertz CT molecular complexity index is 769. The molecule has 0 heterocycles. The van der Waals surface area contributed by atoms with Crippen molar-refractivity contribution in [2.45, 2.75) is 0 Å². The van der Waals surface area contributed by atoms with Gasteiger partial charge in [0.05, 0.1) is 17.8 Å². The van der Waals surface area contributed by atoms with Crippen LogP contribution < -0.4 is 14.9 Å². The molecule has 1 N–H and O–H groups in total. The summed E-state index contributed by atoms with van der Waals surface area (Å²) in [5, 5.41) is 4.46. The standard InChI is InChI=1S/C16H13Br2ClN2O3/c1-23-14-7-11(17)6-13(18)16(14)24-9-15(22)21-20-8-10-3-2-4-12(19)5-10/h2-8H,9H2,1H3,(H,21,22)/b20-8-. The van der Waals surface area contributed by atoms with E-state index in [4.69, 9.17) is 21.1 Å². The summed E-state index contributed by atoms with van der Waals surface area (Å²) in [7, 11) is 1.52. The molecule has 0 aromatic heterocycles. The van der Waals surface area contributed by atoms with Crippen molar-refractivity contribution >= 4 is 55.6 Å². The summed E-state index contributed by atoms with van der Waals surface area (Å²) in [5.41, 5.74) is 3.16. The molecule has 0 fully saturated rings. The van der Waals surface area contributed by atoms with Crippen molar-refractivity contribution in [1.82, 2.24) is 5.43 Å². The molecule has 24 heavy (non-hydrogen) atoms. The maximum absolute atomic E-state index is 11.8. The molecule has 0 aliphatic rings. The Morgan fingerprint density at radius 2 is 2.12 bits per heavy atom. The SMILES string of the molecule is COc1cc(Br)cc(Br)c1OCC(=O)N/N=C\c1cccc(Cl)c1. The third-order valence-electron chi connectivity index (χ3n) is 2.79. The van der Waals surface area contributed by atoms with Crippen molar-refractivity contribution in [3.05, 3.63) is 55.9 Å². The van der Waals surface area contributed by atoms with Crippen molar-refractivity contribution < 1.29 is 14.3 Å². The van der Waals surface area contributed by atoms with Gasteiger partial charge in [-0.3, -0.25) is 4.79 Å². The van der Waals surface area contributed by atoms with Gasteiger partial charge >= 0.3 is 0 Å². The van der Waals surface area contributed by atoms with Crippen LogP contribution in [-0.2, 0) is 4.79 Å². The number of nitrogens with zero attached hydrogens (tertiary/aromatic N) is 1. The fraction of sp³-hybridized carbons (Fsp3) is 0.125. The molecule has 0 aliphatic carbocycles. The molecule has 126 valence electrons. The Labute approximate surface area is 161 Å². The summed E-state index contributed by atoms with van der Waals surface area (Å²) in [4.78, 5) is 11.8. The van der Waals surface area contributed by atoms with Crippen molar-refractivity contribution in [3.63, 3.8) is 0 Å². The Morgan fingerprint density at radius 1 is 1.33 bits per heavy atom. The molecule has 0 unspecified atom stereocenters. The molecule has 0 aliphatic heterocycles. The molecule has 0 bridgehead atoms. The van der Waals surface area contributed by atoms with Crippen LogP contribution in [0.15, 0.2) is 50.4 Å². The highest BCUT2D eigenvalue weighted by molar-refractivity contribution is 9.11. The predicted molar refractivity (Wildman–Crippen MR) is 101 cm³/mol. The van der Waals surface area contributed by atoms with Gasteiger partial charge in [-0.1, -0.05) is 39.7 Å². The van der Waals surface area contributed by atoms with Gasteiger partial charge in [-0.05, 0) is 45.8 Å². The molecule has 2 rings (SSSR count). The zero-order valence-corrected chi connectivity index (χ0v) is 16.5. The number of methoxy groups -OCH3 is 1. The largest absolute Gasteiger partial charge is 0.493 e. The zero-order valence-electron chi connectivity index (χ0n) is 12.6. The number of hydrazone groups is 1. The molecule has 2 aromatic rings. The fourth-order valence-electron chi connectivity index (χ4n) is 1.76.